The fourth-order valence-electron chi connectivity index (χ4n) is 3.82. The Labute approximate surface area is 175 Å². The normalized spacial score (nSPS) is 19.0. The van der Waals surface area contributed by atoms with Crippen molar-refractivity contribution in [3.63, 3.8) is 0 Å². The Morgan fingerprint density at radius 2 is 1.61 bits per heavy atom. The van der Waals surface area contributed by atoms with Crippen LogP contribution in [0.25, 0.3) is 11.6 Å². The first kappa shape index (κ1) is 18.8. The Kier molecular flexibility index (Phi) is 5.78. The molecule has 28 heavy (non-hydrogen) atoms. The van der Waals surface area contributed by atoms with Crippen molar-refractivity contribution in [3.8, 4) is 5.75 Å². The molecule has 3 aromatic carbocycles. The molecule has 1 aliphatic rings. The van der Waals surface area contributed by atoms with E-state index in [1.165, 1.54) is 22.3 Å². The Balaban J connectivity index is 1.65. The average Bonchev–Trinajstić information content (AvgIpc) is 3.18. The van der Waals surface area contributed by atoms with Crippen LogP contribution in [-0.2, 0) is 0 Å². The molecule has 0 amide bonds. The lowest BCUT2D eigenvalue weighted by atomic mass is 9.88. The summed E-state index contributed by atoms with van der Waals surface area (Å²) in [5, 5.41) is 0. The molecule has 0 radical (unpaired) electrons. The summed E-state index contributed by atoms with van der Waals surface area (Å²) >= 11 is 3.54. The van der Waals surface area contributed by atoms with Gasteiger partial charge in [-0.3, -0.25) is 0 Å². The maximum Gasteiger partial charge on any atom is 0.118 e. The van der Waals surface area contributed by atoms with E-state index in [9.17, 15) is 0 Å². The van der Waals surface area contributed by atoms with Gasteiger partial charge in [-0.25, -0.2) is 0 Å². The maximum atomic E-state index is 5.33. The van der Waals surface area contributed by atoms with Gasteiger partial charge in [0.1, 0.15) is 5.75 Å². The number of hydrogen-bond acceptors (Lipinski definition) is 1. The lowest BCUT2D eigenvalue weighted by molar-refractivity contribution is 0.414. The first-order valence-corrected chi connectivity index (χ1v) is 10.4. The van der Waals surface area contributed by atoms with Gasteiger partial charge in [0, 0.05) is 10.4 Å². The quantitative estimate of drug-likeness (QED) is 0.410. The van der Waals surface area contributed by atoms with Crippen LogP contribution in [0, 0.1) is 5.92 Å². The lowest BCUT2D eigenvalue weighted by Gasteiger charge is -2.17. The highest BCUT2D eigenvalue weighted by Crippen LogP contribution is 2.43. The summed E-state index contributed by atoms with van der Waals surface area (Å²) < 4.78 is 6.44. The lowest BCUT2D eigenvalue weighted by Crippen LogP contribution is -2.03. The molecule has 0 spiro atoms. The SMILES string of the molecule is COc1ccc([C@@H]2C=C(c3ccc(Br)cc3)C[C@H]2/C=C/c2ccccc2)cc1. The molecule has 2 heteroatoms. The zero-order valence-electron chi connectivity index (χ0n) is 15.9. The number of rotatable bonds is 5. The molecular weight excluding hydrogens is 408 g/mol. The standard InChI is InChI=1S/C26H23BrO/c1-28-25-15-11-21(12-16-25)26-18-23(20-9-13-24(27)14-10-20)17-22(26)8-7-19-5-3-2-4-6-19/h2-16,18,22,26H,17H2,1H3/b8-7+/t22-,26+/m1/s1. The zero-order valence-corrected chi connectivity index (χ0v) is 17.5. The van der Waals surface area contributed by atoms with Crippen LogP contribution in [0.15, 0.2) is 95.5 Å². The van der Waals surface area contributed by atoms with E-state index < -0.39 is 0 Å². The molecule has 1 aliphatic carbocycles. The first-order chi connectivity index (χ1) is 13.7. The summed E-state index contributed by atoms with van der Waals surface area (Å²) in [5.41, 5.74) is 5.29. The minimum atomic E-state index is 0.365. The Morgan fingerprint density at radius 1 is 0.893 bits per heavy atom. The van der Waals surface area contributed by atoms with E-state index in [2.05, 4.69) is 113 Å². The molecule has 0 N–H and O–H groups in total. The predicted molar refractivity (Wildman–Crippen MR) is 121 cm³/mol. The van der Waals surface area contributed by atoms with Gasteiger partial charge in [-0.05, 0) is 58.9 Å². The van der Waals surface area contributed by atoms with E-state index in [0.29, 0.717) is 11.8 Å². The maximum absolute atomic E-state index is 5.33. The highest BCUT2D eigenvalue weighted by Gasteiger charge is 2.27. The molecule has 0 fully saturated rings. The molecule has 0 saturated carbocycles. The van der Waals surface area contributed by atoms with E-state index in [4.69, 9.17) is 4.74 Å². The third-order valence-corrected chi connectivity index (χ3v) is 5.88. The van der Waals surface area contributed by atoms with Gasteiger partial charge in [0.25, 0.3) is 0 Å². The Morgan fingerprint density at radius 3 is 2.29 bits per heavy atom. The number of hydrogen-bond donors (Lipinski definition) is 0. The Bertz CT molecular complexity index is 969. The van der Waals surface area contributed by atoms with Gasteiger partial charge in [0.15, 0.2) is 0 Å². The molecule has 0 unspecified atom stereocenters. The number of ether oxygens (including phenoxy) is 1. The number of halogens is 1. The van der Waals surface area contributed by atoms with Crippen molar-refractivity contribution in [3.05, 3.63) is 112 Å². The smallest absolute Gasteiger partial charge is 0.118 e. The van der Waals surface area contributed by atoms with Gasteiger partial charge >= 0.3 is 0 Å². The van der Waals surface area contributed by atoms with E-state index in [1.54, 1.807) is 7.11 Å². The highest BCUT2D eigenvalue weighted by atomic mass is 79.9. The topological polar surface area (TPSA) is 9.23 Å². The van der Waals surface area contributed by atoms with Crippen molar-refractivity contribution >= 4 is 27.6 Å². The largest absolute Gasteiger partial charge is 0.497 e. The molecule has 2 atom stereocenters. The van der Waals surface area contributed by atoms with E-state index >= 15 is 0 Å². The van der Waals surface area contributed by atoms with Gasteiger partial charge in [-0.15, -0.1) is 0 Å². The molecule has 4 rings (SSSR count). The summed E-state index contributed by atoms with van der Waals surface area (Å²) in [6.45, 7) is 0. The van der Waals surface area contributed by atoms with Crippen LogP contribution in [0.5, 0.6) is 5.75 Å². The molecule has 0 bridgehead atoms. The van der Waals surface area contributed by atoms with Crippen LogP contribution in [0.4, 0.5) is 0 Å². The molecule has 0 saturated heterocycles. The molecule has 0 heterocycles. The number of allylic oxidation sites excluding steroid dienone is 3. The van der Waals surface area contributed by atoms with Gasteiger partial charge in [0.05, 0.1) is 7.11 Å². The average molecular weight is 431 g/mol. The minimum Gasteiger partial charge on any atom is -0.497 e. The van der Waals surface area contributed by atoms with Crippen LogP contribution in [0.1, 0.15) is 29.0 Å². The van der Waals surface area contributed by atoms with Crippen LogP contribution in [0.3, 0.4) is 0 Å². The second-order valence-corrected chi connectivity index (χ2v) is 8.05. The molecule has 0 aliphatic heterocycles. The van der Waals surface area contributed by atoms with E-state index in [-0.39, 0.29) is 0 Å². The molecule has 140 valence electrons. The van der Waals surface area contributed by atoms with Crippen molar-refractivity contribution in [2.75, 3.05) is 7.11 Å². The van der Waals surface area contributed by atoms with Crippen molar-refractivity contribution in [1.82, 2.24) is 0 Å². The van der Waals surface area contributed by atoms with Crippen molar-refractivity contribution in [1.29, 1.82) is 0 Å². The van der Waals surface area contributed by atoms with Gasteiger partial charge < -0.3 is 4.74 Å². The zero-order chi connectivity index (χ0) is 19.3. The third kappa shape index (κ3) is 4.28. The number of benzene rings is 3. The van der Waals surface area contributed by atoms with Crippen molar-refractivity contribution in [2.45, 2.75) is 12.3 Å². The van der Waals surface area contributed by atoms with E-state index in [0.717, 1.165) is 16.6 Å². The second-order valence-electron chi connectivity index (χ2n) is 7.14. The number of methoxy groups -OCH3 is 1. The summed E-state index contributed by atoms with van der Waals surface area (Å²) in [6.07, 6.45) is 8.10. The minimum absolute atomic E-state index is 0.365. The second kappa shape index (κ2) is 8.62. The fraction of sp³-hybridized carbons (Fsp3) is 0.154. The summed E-state index contributed by atoms with van der Waals surface area (Å²) in [7, 11) is 1.71. The molecule has 1 nitrogen and oxygen atoms in total. The Hall–Kier alpha value is -2.58. The van der Waals surface area contributed by atoms with E-state index in [1.807, 2.05) is 0 Å². The van der Waals surface area contributed by atoms with Gasteiger partial charge in [0.2, 0.25) is 0 Å². The highest BCUT2D eigenvalue weighted by molar-refractivity contribution is 9.10. The predicted octanol–water partition coefficient (Wildman–Crippen LogP) is 7.36. The van der Waals surface area contributed by atoms with Crippen molar-refractivity contribution < 1.29 is 4.74 Å². The third-order valence-electron chi connectivity index (χ3n) is 5.35. The molecule has 0 aromatic heterocycles. The van der Waals surface area contributed by atoms with Crippen molar-refractivity contribution in [2.24, 2.45) is 5.92 Å². The summed E-state index contributed by atoms with van der Waals surface area (Å²) in [6, 6.07) is 27.6. The summed E-state index contributed by atoms with van der Waals surface area (Å²) in [4.78, 5) is 0. The van der Waals surface area contributed by atoms with Crippen LogP contribution < -0.4 is 4.74 Å². The monoisotopic (exact) mass is 430 g/mol. The van der Waals surface area contributed by atoms with Crippen LogP contribution >= 0.6 is 15.9 Å². The first-order valence-electron chi connectivity index (χ1n) is 9.57. The van der Waals surface area contributed by atoms with Gasteiger partial charge in [-0.1, -0.05) is 88.8 Å². The fourth-order valence-corrected chi connectivity index (χ4v) is 4.09. The van der Waals surface area contributed by atoms with Crippen LogP contribution in [0.2, 0.25) is 0 Å². The molecule has 3 aromatic rings. The van der Waals surface area contributed by atoms with Gasteiger partial charge in [-0.2, -0.15) is 0 Å². The summed E-state index contributed by atoms with van der Waals surface area (Å²) in [5.74, 6) is 1.70. The molecular formula is C26H23BrO. The van der Waals surface area contributed by atoms with Crippen LogP contribution in [-0.4, -0.2) is 7.11 Å².